The summed E-state index contributed by atoms with van der Waals surface area (Å²) in [5.74, 6) is -1.26. The molecule has 0 aliphatic rings. The van der Waals surface area contributed by atoms with Crippen LogP contribution in [-0.2, 0) is 10.0 Å². The molecule has 1 aromatic carbocycles. The molecule has 14 heavy (non-hydrogen) atoms. The van der Waals surface area contributed by atoms with Gasteiger partial charge in [-0.05, 0) is 19.2 Å². The highest BCUT2D eigenvalue weighted by Crippen LogP contribution is 2.14. The van der Waals surface area contributed by atoms with Crippen LogP contribution in [0.2, 0.25) is 0 Å². The van der Waals surface area contributed by atoms with Crippen molar-refractivity contribution in [3.63, 3.8) is 0 Å². The quantitative estimate of drug-likeness (QED) is 0.759. The highest BCUT2D eigenvalue weighted by atomic mass is 32.2. The number of nitrogens with one attached hydrogen (secondary N) is 1. The third-order valence-corrected chi connectivity index (χ3v) is 3.15. The van der Waals surface area contributed by atoms with Crippen LogP contribution in [0.1, 0.15) is 10.4 Å². The fourth-order valence-corrected chi connectivity index (χ4v) is 1.91. The zero-order chi connectivity index (χ0) is 10.8. The summed E-state index contributed by atoms with van der Waals surface area (Å²) < 4.78 is 24.8. The van der Waals surface area contributed by atoms with E-state index in [0.717, 1.165) is 0 Å². The lowest BCUT2D eigenvalue weighted by Gasteiger charge is -2.05. The Morgan fingerprint density at radius 2 is 1.93 bits per heavy atom. The summed E-state index contributed by atoms with van der Waals surface area (Å²) in [7, 11) is -2.47. The van der Waals surface area contributed by atoms with E-state index in [1.807, 2.05) is 0 Å². The van der Waals surface area contributed by atoms with Crippen LogP contribution in [0.5, 0.6) is 0 Å². The van der Waals surface area contributed by atoms with Crippen molar-refractivity contribution in [1.82, 2.24) is 4.72 Å². The Hall–Kier alpha value is -1.40. The standard InChI is InChI=1S/C8H9NO4S/c1-9-14(12,13)7-5-3-2-4-6(7)8(10)11/h2-5,9H,1H3,(H,10,11). The zero-order valence-electron chi connectivity index (χ0n) is 7.39. The van der Waals surface area contributed by atoms with Crippen LogP contribution in [0.25, 0.3) is 0 Å². The lowest BCUT2D eigenvalue weighted by atomic mass is 10.2. The number of hydrogen-bond acceptors (Lipinski definition) is 3. The average molecular weight is 215 g/mol. The van der Waals surface area contributed by atoms with Gasteiger partial charge in [-0.2, -0.15) is 0 Å². The predicted octanol–water partition coefficient (Wildman–Crippen LogP) is 0.293. The number of aromatic carboxylic acids is 1. The molecule has 2 N–H and O–H groups in total. The zero-order valence-corrected chi connectivity index (χ0v) is 8.21. The fraction of sp³-hybridized carbons (Fsp3) is 0.125. The van der Waals surface area contributed by atoms with Gasteiger partial charge in [-0.1, -0.05) is 12.1 Å². The smallest absolute Gasteiger partial charge is 0.337 e. The lowest BCUT2D eigenvalue weighted by Crippen LogP contribution is -2.21. The summed E-state index contributed by atoms with van der Waals surface area (Å²) in [5.41, 5.74) is -0.234. The van der Waals surface area contributed by atoms with Crippen molar-refractivity contribution in [2.75, 3.05) is 7.05 Å². The maximum absolute atomic E-state index is 11.4. The minimum absolute atomic E-state index is 0.227. The molecule has 0 unspecified atom stereocenters. The third kappa shape index (κ3) is 1.91. The molecule has 0 aromatic heterocycles. The van der Waals surface area contributed by atoms with Crippen LogP contribution < -0.4 is 4.72 Å². The van der Waals surface area contributed by atoms with Gasteiger partial charge in [0.05, 0.1) is 10.5 Å². The Balaban J connectivity index is 3.42. The predicted molar refractivity (Wildman–Crippen MR) is 49.6 cm³/mol. The molecule has 0 bridgehead atoms. The van der Waals surface area contributed by atoms with E-state index < -0.39 is 16.0 Å². The van der Waals surface area contributed by atoms with Crippen LogP contribution in [-0.4, -0.2) is 26.5 Å². The molecule has 0 radical (unpaired) electrons. The molecular formula is C8H9NO4S. The minimum atomic E-state index is -3.70. The molecule has 0 heterocycles. The van der Waals surface area contributed by atoms with Crippen molar-refractivity contribution in [1.29, 1.82) is 0 Å². The highest BCUT2D eigenvalue weighted by molar-refractivity contribution is 7.89. The third-order valence-electron chi connectivity index (χ3n) is 1.68. The van der Waals surface area contributed by atoms with E-state index in [-0.39, 0.29) is 10.5 Å². The molecule has 0 saturated heterocycles. The minimum Gasteiger partial charge on any atom is -0.478 e. The van der Waals surface area contributed by atoms with Crippen LogP contribution >= 0.6 is 0 Å². The van der Waals surface area contributed by atoms with E-state index in [0.29, 0.717) is 0 Å². The number of carboxylic acids is 1. The number of sulfonamides is 1. The SMILES string of the molecule is CNS(=O)(=O)c1ccccc1C(=O)O. The van der Waals surface area contributed by atoms with Crippen molar-refractivity contribution < 1.29 is 18.3 Å². The largest absolute Gasteiger partial charge is 0.478 e. The van der Waals surface area contributed by atoms with Gasteiger partial charge in [-0.15, -0.1) is 0 Å². The summed E-state index contributed by atoms with van der Waals surface area (Å²) in [6.07, 6.45) is 0. The van der Waals surface area contributed by atoms with Gasteiger partial charge in [-0.25, -0.2) is 17.9 Å². The first-order valence-electron chi connectivity index (χ1n) is 3.75. The summed E-state index contributed by atoms with van der Waals surface area (Å²) in [4.78, 5) is 10.5. The summed E-state index contributed by atoms with van der Waals surface area (Å²) in [5, 5.41) is 8.73. The average Bonchev–Trinajstić information content (AvgIpc) is 2.18. The second-order valence-corrected chi connectivity index (χ2v) is 4.36. The first kappa shape index (κ1) is 10.7. The first-order valence-corrected chi connectivity index (χ1v) is 5.23. The summed E-state index contributed by atoms with van der Waals surface area (Å²) in [6.45, 7) is 0. The molecule has 76 valence electrons. The number of carboxylic acid groups (broad SMARTS) is 1. The molecule has 1 aromatic rings. The van der Waals surface area contributed by atoms with E-state index in [1.165, 1.54) is 31.3 Å². The molecule has 6 heteroatoms. The number of hydrogen-bond donors (Lipinski definition) is 2. The summed E-state index contributed by atoms with van der Waals surface area (Å²) in [6, 6.07) is 5.43. The van der Waals surface area contributed by atoms with Crippen molar-refractivity contribution >= 4 is 16.0 Å². The Labute approximate surface area is 81.4 Å². The van der Waals surface area contributed by atoms with Gasteiger partial charge >= 0.3 is 5.97 Å². The molecule has 5 nitrogen and oxygen atoms in total. The second-order valence-electron chi connectivity index (χ2n) is 2.51. The Morgan fingerprint density at radius 3 is 2.43 bits per heavy atom. The van der Waals surface area contributed by atoms with Gasteiger partial charge < -0.3 is 5.11 Å². The maximum atomic E-state index is 11.4. The van der Waals surface area contributed by atoms with Crippen LogP contribution in [0.4, 0.5) is 0 Å². The first-order chi connectivity index (χ1) is 6.49. The van der Waals surface area contributed by atoms with Gasteiger partial charge in [0.15, 0.2) is 0 Å². The molecule has 0 aliphatic carbocycles. The van der Waals surface area contributed by atoms with E-state index >= 15 is 0 Å². The van der Waals surface area contributed by atoms with Gasteiger partial charge in [0.1, 0.15) is 0 Å². The fourth-order valence-electron chi connectivity index (χ4n) is 0.988. The molecule has 0 amide bonds. The number of rotatable bonds is 3. The topological polar surface area (TPSA) is 83.5 Å². The Bertz CT molecular complexity index is 452. The van der Waals surface area contributed by atoms with Crippen LogP contribution in [0.3, 0.4) is 0 Å². The summed E-state index contributed by atoms with van der Waals surface area (Å²) >= 11 is 0. The Kier molecular flexibility index (Phi) is 2.87. The highest BCUT2D eigenvalue weighted by Gasteiger charge is 2.19. The van der Waals surface area contributed by atoms with Gasteiger partial charge in [0.25, 0.3) is 0 Å². The van der Waals surface area contributed by atoms with Crippen molar-refractivity contribution in [2.45, 2.75) is 4.90 Å². The number of carbonyl (C=O) groups is 1. The molecule has 0 saturated carbocycles. The second kappa shape index (κ2) is 3.77. The monoisotopic (exact) mass is 215 g/mol. The van der Waals surface area contributed by atoms with Gasteiger partial charge in [0.2, 0.25) is 10.0 Å². The Morgan fingerprint density at radius 1 is 1.36 bits per heavy atom. The van der Waals surface area contributed by atoms with Crippen molar-refractivity contribution in [2.24, 2.45) is 0 Å². The van der Waals surface area contributed by atoms with E-state index in [1.54, 1.807) is 0 Å². The molecule has 1 rings (SSSR count). The number of benzene rings is 1. The van der Waals surface area contributed by atoms with Gasteiger partial charge in [0, 0.05) is 0 Å². The van der Waals surface area contributed by atoms with Crippen LogP contribution in [0.15, 0.2) is 29.2 Å². The molecule has 0 atom stereocenters. The molecule has 0 aliphatic heterocycles. The normalized spacial score (nSPS) is 11.2. The maximum Gasteiger partial charge on any atom is 0.337 e. The molecular weight excluding hydrogens is 206 g/mol. The van der Waals surface area contributed by atoms with Gasteiger partial charge in [-0.3, -0.25) is 0 Å². The van der Waals surface area contributed by atoms with Crippen molar-refractivity contribution in [3.05, 3.63) is 29.8 Å². The van der Waals surface area contributed by atoms with E-state index in [2.05, 4.69) is 4.72 Å². The van der Waals surface area contributed by atoms with Crippen LogP contribution in [0, 0.1) is 0 Å². The van der Waals surface area contributed by atoms with Crippen molar-refractivity contribution in [3.8, 4) is 0 Å². The lowest BCUT2D eigenvalue weighted by molar-refractivity contribution is 0.0692. The van der Waals surface area contributed by atoms with E-state index in [4.69, 9.17) is 5.11 Å². The molecule has 0 fully saturated rings. The molecule has 0 spiro atoms. The van der Waals surface area contributed by atoms with E-state index in [9.17, 15) is 13.2 Å².